The number of aromatic nitrogens is 2. The molecule has 0 radical (unpaired) electrons. The lowest BCUT2D eigenvalue weighted by Gasteiger charge is -2.25. The highest BCUT2D eigenvalue weighted by atomic mass is 15.1. The molecule has 0 spiro atoms. The molecule has 0 saturated heterocycles. The second-order valence-corrected chi connectivity index (χ2v) is 5.26. The molecule has 1 atom stereocenters. The van der Waals surface area contributed by atoms with E-state index in [-0.39, 0.29) is 0 Å². The monoisotopic (exact) mass is 270 g/mol. The van der Waals surface area contributed by atoms with E-state index in [0.29, 0.717) is 6.04 Å². The lowest BCUT2D eigenvalue weighted by Crippen LogP contribution is -2.27. The fourth-order valence-electron chi connectivity index (χ4n) is 2.23. The standard InChI is InChI=1S/C16H22N4/c1-12-6-5-7-14(10-12)15(20(3)4)11-18-16-8-9-17-13(2)19-16/h5-10,15H,11H2,1-4H3,(H,17,18,19)/t15-/m1/s1. The molecule has 4 nitrogen and oxygen atoms in total. The van der Waals surface area contributed by atoms with E-state index >= 15 is 0 Å². The van der Waals surface area contributed by atoms with Gasteiger partial charge in [0.05, 0.1) is 6.04 Å². The summed E-state index contributed by atoms with van der Waals surface area (Å²) in [6.07, 6.45) is 1.78. The third kappa shape index (κ3) is 3.78. The summed E-state index contributed by atoms with van der Waals surface area (Å²) in [4.78, 5) is 10.7. The van der Waals surface area contributed by atoms with Crippen LogP contribution >= 0.6 is 0 Å². The Kier molecular flexibility index (Phi) is 4.69. The third-order valence-corrected chi connectivity index (χ3v) is 3.30. The average molecular weight is 270 g/mol. The molecular formula is C16H22N4. The number of rotatable bonds is 5. The SMILES string of the molecule is Cc1cccc([C@@H](CNc2ccnc(C)n2)N(C)C)c1. The molecule has 1 N–H and O–H groups in total. The van der Waals surface area contributed by atoms with Crippen molar-refractivity contribution >= 4 is 5.82 Å². The summed E-state index contributed by atoms with van der Waals surface area (Å²) < 4.78 is 0. The quantitative estimate of drug-likeness (QED) is 0.907. The van der Waals surface area contributed by atoms with Crippen LogP contribution < -0.4 is 5.32 Å². The second-order valence-electron chi connectivity index (χ2n) is 5.26. The molecule has 1 heterocycles. The van der Waals surface area contributed by atoms with Crippen molar-refractivity contribution in [3.05, 3.63) is 53.5 Å². The predicted octanol–water partition coefficient (Wildman–Crippen LogP) is 2.81. The van der Waals surface area contributed by atoms with E-state index in [2.05, 4.69) is 65.5 Å². The number of benzene rings is 1. The van der Waals surface area contributed by atoms with Gasteiger partial charge in [-0.1, -0.05) is 29.8 Å². The fraction of sp³-hybridized carbons (Fsp3) is 0.375. The first-order valence-electron chi connectivity index (χ1n) is 6.83. The van der Waals surface area contributed by atoms with Gasteiger partial charge in [-0.25, -0.2) is 9.97 Å². The molecule has 4 heteroatoms. The van der Waals surface area contributed by atoms with Crippen molar-refractivity contribution in [3.63, 3.8) is 0 Å². The van der Waals surface area contributed by atoms with Gasteiger partial charge in [-0.2, -0.15) is 0 Å². The Labute approximate surface area is 120 Å². The van der Waals surface area contributed by atoms with Crippen LogP contribution in [0.2, 0.25) is 0 Å². The van der Waals surface area contributed by atoms with E-state index in [1.807, 2.05) is 13.0 Å². The Balaban J connectivity index is 2.10. The number of hydrogen-bond donors (Lipinski definition) is 1. The Morgan fingerprint density at radius 3 is 2.65 bits per heavy atom. The van der Waals surface area contributed by atoms with Gasteiger partial charge in [0.2, 0.25) is 0 Å². The first-order valence-corrected chi connectivity index (χ1v) is 6.83. The van der Waals surface area contributed by atoms with Gasteiger partial charge in [0, 0.05) is 12.7 Å². The predicted molar refractivity (Wildman–Crippen MR) is 82.9 cm³/mol. The average Bonchev–Trinajstić information content (AvgIpc) is 2.38. The van der Waals surface area contributed by atoms with Crippen molar-refractivity contribution in [1.82, 2.24) is 14.9 Å². The van der Waals surface area contributed by atoms with Gasteiger partial charge in [0.1, 0.15) is 11.6 Å². The van der Waals surface area contributed by atoms with Crippen LogP contribution in [0.5, 0.6) is 0 Å². The number of hydrogen-bond acceptors (Lipinski definition) is 4. The zero-order valence-corrected chi connectivity index (χ0v) is 12.6. The highest BCUT2D eigenvalue weighted by molar-refractivity contribution is 5.34. The summed E-state index contributed by atoms with van der Waals surface area (Å²) in [5.41, 5.74) is 2.60. The van der Waals surface area contributed by atoms with Gasteiger partial charge in [-0.3, -0.25) is 0 Å². The smallest absolute Gasteiger partial charge is 0.129 e. The molecule has 0 aliphatic heterocycles. The summed E-state index contributed by atoms with van der Waals surface area (Å²) >= 11 is 0. The minimum Gasteiger partial charge on any atom is -0.368 e. The summed E-state index contributed by atoms with van der Waals surface area (Å²) in [6, 6.07) is 10.8. The molecule has 2 aromatic rings. The highest BCUT2D eigenvalue weighted by Crippen LogP contribution is 2.19. The Morgan fingerprint density at radius 2 is 2.00 bits per heavy atom. The van der Waals surface area contributed by atoms with E-state index in [1.54, 1.807) is 6.20 Å². The van der Waals surface area contributed by atoms with Crippen molar-refractivity contribution in [2.75, 3.05) is 26.0 Å². The van der Waals surface area contributed by atoms with Gasteiger partial charge in [-0.05, 0) is 39.6 Å². The summed E-state index contributed by atoms with van der Waals surface area (Å²) in [7, 11) is 4.19. The number of likely N-dealkylation sites (N-methyl/N-ethyl adjacent to an activating group) is 1. The number of nitrogens with zero attached hydrogens (tertiary/aromatic N) is 3. The molecule has 0 fully saturated rings. The van der Waals surface area contributed by atoms with Crippen LogP contribution in [0.25, 0.3) is 0 Å². The first kappa shape index (κ1) is 14.5. The largest absolute Gasteiger partial charge is 0.368 e. The zero-order chi connectivity index (χ0) is 14.5. The van der Waals surface area contributed by atoms with E-state index in [9.17, 15) is 0 Å². The molecule has 1 aromatic carbocycles. The van der Waals surface area contributed by atoms with Crippen LogP contribution in [0.1, 0.15) is 23.0 Å². The van der Waals surface area contributed by atoms with Crippen LogP contribution in [0.3, 0.4) is 0 Å². The molecule has 0 aliphatic rings. The normalized spacial score (nSPS) is 12.4. The molecular weight excluding hydrogens is 248 g/mol. The first-order chi connectivity index (χ1) is 9.56. The van der Waals surface area contributed by atoms with Gasteiger partial charge >= 0.3 is 0 Å². The molecule has 0 saturated carbocycles. The number of aryl methyl sites for hydroxylation is 2. The maximum absolute atomic E-state index is 4.37. The maximum Gasteiger partial charge on any atom is 0.129 e. The molecule has 0 aliphatic carbocycles. The van der Waals surface area contributed by atoms with Crippen LogP contribution in [-0.4, -0.2) is 35.5 Å². The topological polar surface area (TPSA) is 41.1 Å². The highest BCUT2D eigenvalue weighted by Gasteiger charge is 2.14. The fourth-order valence-corrected chi connectivity index (χ4v) is 2.23. The van der Waals surface area contributed by atoms with Crippen molar-refractivity contribution < 1.29 is 0 Å². The maximum atomic E-state index is 4.37. The van der Waals surface area contributed by atoms with E-state index in [1.165, 1.54) is 11.1 Å². The summed E-state index contributed by atoms with van der Waals surface area (Å²) in [5, 5.41) is 3.39. The van der Waals surface area contributed by atoms with E-state index in [0.717, 1.165) is 18.2 Å². The summed E-state index contributed by atoms with van der Waals surface area (Å²) in [6.45, 7) is 4.83. The lowest BCUT2D eigenvalue weighted by molar-refractivity contribution is 0.311. The van der Waals surface area contributed by atoms with Gasteiger partial charge in [0.15, 0.2) is 0 Å². The molecule has 106 valence electrons. The van der Waals surface area contributed by atoms with E-state index in [4.69, 9.17) is 0 Å². The van der Waals surface area contributed by atoms with Crippen molar-refractivity contribution in [2.45, 2.75) is 19.9 Å². The van der Waals surface area contributed by atoms with Crippen molar-refractivity contribution in [1.29, 1.82) is 0 Å². The van der Waals surface area contributed by atoms with Gasteiger partial charge in [0.25, 0.3) is 0 Å². The number of anilines is 1. The van der Waals surface area contributed by atoms with Gasteiger partial charge < -0.3 is 10.2 Å². The lowest BCUT2D eigenvalue weighted by atomic mass is 10.0. The number of nitrogens with one attached hydrogen (secondary N) is 1. The zero-order valence-electron chi connectivity index (χ0n) is 12.6. The molecule has 0 unspecified atom stereocenters. The third-order valence-electron chi connectivity index (χ3n) is 3.30. The molecule has 1 aromatic heterocycles. The second kappa shape index (κ2) is 6.48. The Bertz CT molecular complexity index is 566. The Hall–Kier alpha value is -1.94. The van der Waals surface area contributed by atoms with Crippen molar-refractivity contribution in [3.8, 4) is 0 Å². The molecule has 20 heavy (non-hydrogen) atoms. The molecule has 0 amide bonds. The minimum absolute atomic E-state index is 0.310. The van der Waals surface area contributed by atoms with Crippen molar-refractivity contribution in [2.24, 2.45) is 0 Å². The van der Waals surface area contributed by atoms with Crippen LogP contribution in [0.4, 0.5) is 5.82 Å². The van der Waals surface area contributed by atoms with Crippen LogP contribution in [-0.2, 0) is 0 Å². The van der Waals surface area contributed by atoms with Crippen LogP contribution in [0, 0.1) is 13.8 Å². The van der Waals surface area contributed by atoms with Gasteiger partial charge in [-0.15, -0.1) is 0 Å². The minimum atomic E-state index is 0.310. The summed E-state index contributed by atoms with van der Waals surface area (Å²) in [5.74, 6) is 1.66. The molecule has 0 bridgehead atoms. The van der Waals surface area contributed by atoms with E-state index < -0.39 is 0 Å². The Morgan fingerprint density at radius 1 is 1.20 bits per heavy atom. The molecule has 2 rings (SSSR count). The van der Waals surface area contributed by atoms with Crippen LogP contribution in [0.15, 0.2) is 36.5 Å².